The van der Waals surface area contributed by atoms with Gasteiger partial charge < -0.3 is 21.3 Å². The molecule has 3 heterocycles. The van der Waals surface area contributed by atoms with Gasteiger partial charge in [-0.3, -0.25) is 4.79 Å². The normalized spacial score (nSPS) is 12.0. The predicted octanol–water partition coefficient (Wildman–Crippen LogP) is 4.11. The summed E-state index contributed by atoms with van der Waals surface area (Å²) >= 11 is 6.09. The third-order valence-electron chi connectivity index (χ3n) is 5.88. The summed E-state index contributed by atoms with van der Waals surface area (Å²) in [6, 6.07) is 18.3. The van der Waals surface area contributed by atoms with Gasteiger partial charge in [-0.1, -0.05) is 41.9 Å². The Morgan fingerprint density at radius 1 is 1.10 bits per heavy atom. The first kappa shape index (κ1) is 26.0. The number of fused-ring (bicyclic) bond motifs is 1. The lowest BCUT2D eigenvalue weighted by atomic mass is 10.1. The van der Waals surface area contributed by atoms with Crippen LogP contribution in [0.15, 0.2) is 66.9 Å². The van der Waals surface area contributed by atoms with Gasteiger partial charge in [-0.2, -0.15) is 4.52 Å². The van der Waals surface area contributed by atoms with E-state index in [4.69, 9.17) is 17.3 Å². The molecule has 0 fully saturated rings. The molecule has 0 bridgehead atoms. The van der Waals surface area contributed by atoms with E-state index in [1.54, 1.807) is 41.9 Å². The lowest BCUT2D eigenvalue weighted by molar-refractivity contribution is 0.0933. The molecular weight excluding hydrogens is 516 g/mol. The Labute approximate surface area is 230 Å². The molecule has 1 atom stereocenters. The predicted molar refractivity (Wildman–Crippen MR) is 151 cm³/mol. The third kappa shape index (κ3) is 5.95. The molecule has 1 amide bonds. The summed E-state index contributed by atoms with van der Waals surface area (Å²) in [6.07, 6.45) is 1.56. The number of nitrogens with two attached hydrogens (primary N) is 1. The number of nitrogens with one attached hydrogen (secondary N) is 2. The second-order valence-corrected chi connectivity index (χ2v) is 9.74. The summed E-state index contributed by atoms with van der Waals surface area (Å²) in [7, 11) is 4.03. The minimum atomic E-state index is -0.559. The molecule has 2 aromatic carbocycles. The van der Waals surface area contributed by atoms with Gasteiger partial charge in [0.1, 0.15) is 0 Å². The largest absolute Gasteiger partial charge is 0.382 e. The van der Waals surface area contributed by atoms with E-state index in [0.717, 1.165) is 17.8 Å². The Morgan fingerprint density at radius 2 is 1.90 bits per heavy atom. The molecule has 0 aliphatic rings. The van der Waals surface area contributed by atoms with Gasteiger partial charge in [0.25, 0.3) is 5.91 Å². The maximum atomic E-state index is 13.2. The van der Waals surface area contributed by atoms with Crippen molar-refractivity contribution in [1.29, 1.82) is 0 Å². The first-order valence-corrected chi connectivity index (χ1v) is 12.6. The molecule has 3 aromatic heterocycles. The second kappa shape index (κ2) is 11.0. The van der Waals surface area contributed by atoms with Crippen LogP contribution in [0.2, 0.25) is 5.02 Å². The Balaban J connectivity index is 1.35. The summed E-state index contributed by atoms with van der Waals surface area (Å²) in [5, 5.41) is 19.7. The molecule has 5 rings (SSSR count). The van der Waals surface area contributed by atoms with Crippen LogP contribution in [0.1, 0.15) is 34.8 Å². The first-order chi connectivity index (χ1) is 18.8. The van der Waals surface area contributed by atoms with E-state index in [-0.39, 0.29) is 11.5 Å². The third-order valence-corrected chi connectivity index (χ3v) is 6.12. The Bertz CT molecular complexity index is 1630. The molecule has 0 unspecified atom stereocenters. The van der Waals surface area contributed by atoms with Crippen LogP contribution in [0, 0.1) is 0 Å². The van der Waals surface area contributed by atoms with Gasteiger partial charge in [-0.25, -0.2) is 9.97 Å². The molecule has 4 N–H and O–H groups in total. The molecule has 5 aromatic rings. The number of amides is 1. The average Bonchev–Trinajstić information content (AvgIpc) is 3.32. The van der Waals surface area contributed by atoms with E-state index in [1.165, 1.54) is 5.56 Å². The van der Waals surface area contributed by atoms with Crippen molar-refractivity contribution in [3.8, 4) is 11.3 Å². The van der Waals surface area contributed by atoms with Crippen LogP contribution in [-0.2, 0) is 6.54 Å². The summed E-state index contributed by atoms with van der Waals surface area (Å²) in [4.78, 5) is 24.0. The summed E-state index contributed by atoms with van der Waals surface area (Å²) in [6.45, 7) is 2.60. The molecular formula is C27H27ClN10O. The number of nitrogen functional groups attached to an aromatic ring is 1. The number of carbonyl (C=O) groups excluding carboxylic acids is 1. The minimum Gasteiger partial charge on any atom is -0.382 e. The zero-order chi connectivity index (χ0) is 27.5. The van der Waals surface area contributed by atoms with Crippen LogP contribution in [0.3, 0.4) is 0 Å². The molecule has 0 radical (unpaired) electrons. The van der Waals surface area contributed by atoms with Gasteiger partial charge in [-0.05, 0) is 56.9 Å². The van der Waals surface area contributed by atoms with E-state index < -0.39 is 11.9 Å². The van der Waals surface area contributed by atoms with Crippen molar-refractivity contribution in [3.05, 3.63) is 89.0 Å². The van der Waals surface area contributed by atoms with Crippen LogP contribution in [0.5, 0.6) is 0 Å². The topological polar surface area (TPSA) is 139 Å². The van der Waals surface area contributed by atoms with Crippen molar-refractivity contribution >= 4 is 40.5 Å². The maximum Gasteiger partial charge on any atom is 0.274 e. The number of hydrogen-bond acceptors (Lipinski definition) is 9. The monoisotopic (exact) mass is 542 g/mol. The fraction of sp³-hybridized carbons (Fsp3) is 0.185. The Kier molecular flexibility index (Phi) is 7.35. The number of aromatic nitrogens is 6. The number of rotatable bonds is 8. The smallest absolute Gasteiger partial charge is 0.274 e. The van der Waals surface area contributed by atoms with E-state index >= 15 is 0 Å². The lowest BCUT2D eigenvalue weighted by Gasteiger charge is -2.14. The number of carbonyl (C=O) groups is 1. The van der Waals surface area contributed by atoms with Gasteiger partial charge in [-0.15, -0.1) is 15.3 Å². The molecule has 0 saturated heterocycles. The van der Waals surface area contributed by atoms with Crippen molar-refractivity contribution in [1.82, 2.24) is 40.0 Å². The van der Waals surface area contributed by atoms with E-state index in [1.807, 2.05) is 50.5 Å². The van der Waals surface area contributed by atoms with Gasteiger partial charge in [0.05, 0.1) is 17.9 Å². The first-order valence-electron chi connectivity index (χ1n) is 12.2. The van der Waals surface area contributed by atoms with Crippen molar-refractivity contribution in [2.24, 2.45) is 0 Å². The van der Waals surface area contributed by atoms with Crippen LogP contribution >= 0.6 is 11.6 Å². The molecule has 0 saturated carbocycles. The van der Waals surface area contributed by atoms with E-state index in [0.29, 0.717) is 28.0 Å². The summed E-state index contributed by atoms with van der Waals surface area (Å²) in [5.74, 6) is 0.546. The number of nitrogens with zero attached hydrogens (tertiary/aromatic N) is 7. The number of benzene rings is 2. The maximum absolute atomic E-state index is 13.2. The van der Waals surface area contributed by atoms with Crippen molar-refractivity contribution < 1.29 is 4.79 Å². The minimum absolute atomic E-state index is 0.0295. The van der Waals surface area contributed by atoms with Crippen molar-refractivity contribution in [2.45, 2.75) is 19.5 Å². The highest BCUT2D eigenvalue weighted by molar-refractivity contribution is 6.30. The van der Waals surface area contributed by atoms with Gasteiger partial charge in [0.15, 0.2) is 28.8 Å². The Hall–Kier alpha value is -4.61. The van der Waals surface area contributed by atoms with Crippen molar-refractivity contribution in [3.63, 3.8) is 0 Å². The fourth-order valence-corrected chi connectivity index (χ4v) is 4.23. The molecule has 198 valence electrons. The molecule has 11 nitrogen and oxygen atoms in total. The second-order valence-electron chi connectivity index (χ2n) is 9.30. The highest BCUT2D eigenvalue weighted by atomic mass is 35.5. The van der Waals surface area contributed by atoms with Crippen LogP contribution in [-0.4, -0.2) is 54.7 Å². The van der Waals surface area contributed by atoms with E-state index in [9.17, 15) is 4.79 Å². The van der Waals surface area contributed by atoms with Gasteiger partial charge in [0.2, 0.25) is 0 Å². The highest BCUT2D eigenvalue weighted by Crippen LogP contribution is 2.22. The van der Waals surface area contributed by atoms with Crippen LogP contribution in [0.4, 0.5) is 17.3 Å². The molecule has 12 heteroatoms. The fourth-order valence-electron chi connectivity index (χ4n) is 4.04. The zero-order valence-corrected chi connectivity index (χ0v) is 22.4. The molecule has 0 aliphatic carbocycles. The number of halogens is 1. The highest BCUT2D eigenvalue weighted by Gasteiger charge is 2.21. The molecule has 39 heavy (non-hydrogen) atoms. The number of anilines is 3. The quantitative estimate of drug-likeness (QED) is 0.264. The molecule has 0 aliphatic heterocycles. The SMILES string of the molecule is C[C@@H](NC(=O)c1nc(-c2ccc(CN(C)C)cc2)cnc1N)c1nnc2ccc(Nc3cccc(Cl)c3)nn12. The van der Waals surface area contributed by atoms with Crippen LogP contribution < -0.4 is 16.4 Å². The Morgan fingerprint density at radius 3 is 2.64 bits per heavy atom. The average molecular weight is 543 g/mol. The van der Waals surface area contributed by atoms with Gasteiger partial charge >= 0.3 is 0 Å². The summed E-state index contributed by atoms with van der Waals surface area (Å²) in [5.41, 5.74) is 9.92. The van der Waals surface area contributed by atoms with Crippen molar-refractivity contribution in [2.75, 3.05) is 25.1 Å². The zero-order valence-electron chi connectivity index (χ0n) is 21.6. The summed E-state index contributed by atoms with van der Waals surface area (Å²) < 4.78 is 1.57. The van der Waals surface area contributed by atoms with Gasteiger partial charge in [0, 0.05) is 22.8 Å². The van der Waals surface area contributed by atoms with E-state index in [2.05, 4.69) is 40.8 Å². The number of hydrogen-bond donors (Lipinski definition) is 3. The standard InChI is InChI=1S/C27H27ClN10O/c1-16(26-35-34-23-12-11-22(36-38(23)26)32-20-6-4-5-19(28)13-20)31-27(39)24-25(29)30-14-21(33-24)18-9-7-17(8-10-18)15-37(2)3/h4-14,16H,15H2,1-3H3,(H2,29,30)(H,31,39)(H,32,36)/t16-/m1/s1. The lowest BCUT2D eigenvalue weighted by Crippen LogP contribution is -2.30. The van der Waals surface area contributed by atoms with Crippen LogP contribution in [0.25, 0.3) is 16.9 Å². The molecule has 0 spiro atoms.